The summed E-state index contributed by atoms with van der Waals surface area (Å²) in [5.41, 5.74) is 0.618. The second-order valence-electron chi connectivity index (χ2n) is 6.92. The van der Waals surface area contributed by atoms with Crippen LogP contribution in [0.25, 0.3) is 0 Å². The van der Waals surface area contributed by atoms with Crippen LogP contribution >= 0.6 is 46.4 Å². The monoisotopic (exact) mass is 473 g/mol. The molecule has 0 bridgehead atoms. The minimum Gasteiger partial charge on any atom is -0.464 e. The van der Waals surface area contributed by atoms with Crippen LogP contribution in [0.5, 0.6) is 0 Å². The molecule has 1 amide bonds. The molecule has 1 aliphatic rings. The molecule has 2 aromatic rings. The minimum atomic E-state index is -0.885. The van der Waals surface area contributed by atoms with Gasteiger partial charge in [0, 0.05) is 26.5 Å². The Hall–Kier alpha value is -1.46. The molecular formula is C21H19Cl4NO3. The van der Waals surface area contributed by atoms with Gasteiger partial charge in [0.25, 0.3) is 0 Å². The third kappa shape index (κ3) is 5.00. The summed E-state index contributed by atoms with van der Waals surface area (Å²) in [6, 6.07) is 9.19. The number of benzene rings is 2. The lowest BCUT2D eigenvalue weighted by molar-refractivity contribution is -0.147. The van der Waals surface area contributed by atoms with E-state index < -0.39 is 17.4 Å². The molecule has 1 fully saturated rings. The van der Waals surface area contributed by atoms with Crippen molar-refractivity contribution in [1.82, 2.24) is 5.32 Å². The van der Waals surface area contributed by atoms with Gasteiger partial charge in [-0.05, 0) is 55.2 Å². The molecule has 1 saturated carbocycles. The summed E-state index contributed by atoms with van der Waals surface area (Å²) in [4.78, 5) is 25.7. The molecule has 2 aromatic carbocycles. The molecule has 0 saturated heterocycles. The number of hydrogen-bond donors (Lipinski definition) is 1. The summed E-state index contributed by atoms with van der Waals surface area (Å²) in [5, 5.41) is 4.67. The first kappa shape index (κ1) is 22.2. The number of amides is 1. The van der Waals surface area contributed by atoms with Crippen LogP contribution in [0.4, 0.5) is 0 Å². The van der Waals surface area contributed by atoms with E-state index in [1.165, 1.54) is 0 Å². The summed E-state index contributed by atoms with van der Waals surface area (Å²) in [6.45, 7) is 1.91. The molecule has 3 rings (SSSR count). The number of halogens is 4. The van der Waals surface area contributed by atoms with Crippen molar-refractivity contribution in [3.63, 3.8) is 0 Å². The SMILES string of the molecule is CCOC(=O)[C@H](Cc1ccc(Cl)cc1Cl)NC(=O)C1(c2ccc(Cl)cc2Cl)CC1. The lowest BCUT2D eigenvalue weighted by Crippen LogP contribution is -2.47. The Kier molecular flexibility index (Phi) is 7.00. The quantitative estimate of drug-likeness (QED) is 0.529. The zero-order valence-electron chi connectivity index (χ0n) is 15.6. The van der Waals surface area contributed by atoms with Gasteiger partial charge in [-0.25, -0.2) is 4.79 Å². The molecule has 0 aromatic heterocycles. The number of nitrogens with one attached hydrogen (secondary N) is 1. The molecule has 1 aliphatic carbocycles. The van der Waals surface area contributed by atoms with Crippen LogP contribution in [0.3, 0.4) is 0 Å². The van der Waals surface area contributed by atoms with Crippen molar-refractivity contribution in [2.75, 3.05) is 6.61 Å². The molecule has 1 N–H and O–H groups in total. The zero-order chi connectivity index (χ0) is 21.2. The highest BCUT2D eigenvalue weighted by atomic mass is 35.5. The van der Waals surface area contributed by atoms with Gasteiger partial charge in [-0.1, -0.05) is 58.5 Å². The smallest absolute Gasteiger partial charge is 0.328 e. The predicted octanol–water partition coefficient (Wildman–Crippen LogP) is 5.62. The third-order valence-corrected chi connectivity index (χ3v) is 6.08. The normalized spacial score (nSPS) is 15.5. The van der Waals surface area contributed by atoms with Crippen molar-refractivity contribution >= 4 is 58.3 Å². The Labute approximate surface area is 189 Å². The molecular weight excluding hydrogens is 456 g/mol. The molecule has 0 radical (unpaired) electrons. The number of esters is 1. The topological polar surface area (TPSA) is 55.4 Å². The van der Waals surface area contributed by atoms with E-state index in [4.69, 9.17) is 51.1 Å². The van der Waals surface area contributed by atoms with E-state index in [1.807, 2.05) is 0 Å². The fourth-order valence-corrected chi connectivity index (χ4v) is 4.34. The Balaban J connectivity index is 1.83. The molecule has 8 heteroatoms. The summed E-state index contributed by atoms with van der Waals surface area (Å²) in [6.07, 6.45) is 1.46. The summed E-state index contributed by atoms with van der Waals surface area (Å²) < 4.78 is 5.15. The van der Waals surface area contributed by atoms with Crippen LogP contribution in [0.15, 0.2) is 36.4 Å². The van der Waals surface area contributed by atoms with Crippen molar-refractivity contribution in [2.24, 2.45) is 0 Å². The van der Waals surface area contributed by atoms with Crippen LogP contribution < -0.4 is 5.32 Å². The van der Waals surface area contributed by atoms with Crippen LogP contribution in [0.1, 0.15) is 30.9 Å². The van der Waals surface area contributed by atoms with E-state index >= 15 is 0 Å². The number of rotatable bonds is 7. The van der Waals surface area contributed by atoms with Gasteiger partial charge in [0.05, 0.1) is 12.0 Å². The molecule has 154 valence electrons. The first-order valence-corrected chi connectivity index (χ1v) is 10.6. The van der Waals surface area contributed by atoms with Crippen LogP contribution in [-0.4, -0.2) is 24.5 Å². The largest absolute Gasteiger partial charge is 0.464 e. The van der Waals surface area contributed by atoms with Gasteiger partial charge >= 0.3 is 5.97 Å². The van der Waals surface area contributed by atoms with Gasteiger partial charge in [-0.2, -0.15) is 0 Å². The Morgan fingerprint density at radius 1 is 1.03 bits per heavy atom. The van der Waals surface area contributed by atoms with Gasteiger partial charge < -0.3 is 10.1 Å². The minimum absolute atomic E-state index is 0.186. The maximum atomic E-state index is 13.1. The molecule has 29 heavy (non-hydrogen) atoms. The Morgan fingerprint density at radius 3 is 2.21 bits per heavy atom. The Morgan fingerprint density at radius 2 is 1.66 bits per heavy atom. The van der Waals surface area contributed by atoms with E-state index in [9.17, 15) is 9.59 Å². The number of carbonyl (C=O) groups is 2. The first-order chi connectivity index (χ1) is 13.8. The Bertz CT molecular complexity index is 944. The van der Waals surface area contributed by atoms with Crippen molar-refractivity contribution in [3.05, 3.63) is 67.6 Å². The lowest BCUT2D eigenvalue weighted by atomic mass is 9.94. The van der Waals surface area contributed by atoms with Gasteiger partial charge in [0.2, 0.25) is 5.91 Å². The predicted molar refractivity (Wildman–Crippen MR) is 116 cm³/mol. The fraction of sp³-hybridized carbons (Fsp3) is 0.333. The average Bonchev–Trinajstić information content (AvgIpc) is 3.45. The molecule has 0 spiro atoms. The molecule has 0 unspecified atom stereocenters. The van der Waals surface area contributed by atoms with Crippen molar-refractivity contribution in [2.45, 2.75) is 37.6 Å². The average molecular weight is 475 g/mol. The summed E-state index contributed by atoms with van der Waals surface area (Å²) in [5.74, 6) is -0.797. The number of hydrogen-bond acceptors (Lipinski definition) is 3. The zero-order valence-corrected chi connectivity index (χ0v) is 18.6. The van der Waals surface area contributed by atoms with Crippen molar-refractivity contribution < 1.29 is 14.3 Å². The standard InChI is InChI=1S/C21H19Cl4NO3/c1-2-29-19(27)18(9-12-3-4-13(22)10-16(12)24)26-20(28)21(7-8-21)15-6-5-14(23)11-17(15)25/h3-6,10-11,18H,2,7-9H2,1H3,(H,26,28)/t18-/m0/s1. The van der Waals surface area contributed by atoms with Crippen LogP contribution in [-0.2, 0) is 26.2 Å². The molecule has 4 nitrogen and oxygen atoms in total. The summed E-state index contributed by atoms with van der Waals surface area (Å²) >= 11 is 24.5. The maximum absolute atomic E-state index is 13.1. The number of ether oxygens (including phenoxy) is 1. The van der Waals surface area contributed by atoms with E-state index in [-0.39, 0.29) is 18.9 Å². The van der Waals surface area contributed by atoms with E-state index in [2.05, 4.69) is 5.32 Å². The van der Waals surface area contributed by atoms with Gasteiger partial charge in [-0.3, -0.25) is 4.79 Å². The molecule has 0 heterocycles. The highest BCUT2D eigenvalue weighted by Crippen LogP contribution is 2.51. The van der Waals surface area contributed by atoms with Gasteiger partial charge in [0.15, 0.2) is 0 Å². The van der Waals surface area contributed by atoms with Crippen molar-refractivity contribution in [1.29, 1.82) is 0 Å². The highest BCUT2D eigenvalue weighted by molar-refractivity contribution is 6.35. The van der Waals surface area contributed by atoms with Crippen molar-refractivity contribution in [3.8, 4) is 0 Å². The van der Waals surface area contributed by atoms with E-state index in [0.29, 0.717) is 44.1 Å². The maximum Gasteiger partial charge on any atom is 0.328 e. The van der Waals surface area contributed by atoms with Crippen LogP contribution in [0, 0.1) is 0 Å². The second-order valence-corrected chi connectivity index (χ2v) is 8.61. The summed E-state index contributed by atoms with van der Waals surface area (Å²) in [7, 11) is 0. The van der Waals surface area contributed by atoms with E-state index in [1.54, 1.807) is 43.3 Å². The molecule has 1 atom stereocenters. The third-order valence-electron chi connectivity index (χ3n) is 4.95. The second kappa shape index (κ2) is 9.13. The van der Waals surface area contributed by atoms with E-state index in [0.717, 1.165) is 0 Å². The van der Waals surface area contributed by atoms with Gasteiger partial charge in [-0.15, -0.1) is 0 Å². The lowest BCUT2D eigenvalue weighted by Gasteiger charge is -2.23. The van der Waals surface area contributed by atoms with Crippen LogP contribution in [0.2, 0.25) is 20.1 Å². The highest BCUT2D eigenvalue weighted by Gasteiger charge is 2.53. The number of carbonyl (C=O) groups excluding carboxylic acids is 2. The molecule has 0 aliphatic heterocycles. The first-order valence-electron chi connectivity index (χ1n) is 9.14. The van der Waals surface area contributed by atoms with Gasteiger partial charge in [0.1, 0.15) is 6.04 Å². The fourth-order valence-electron chi connectivity index (χ4n) is 3.26.